The summed E-state index contributed by atoms with van der Waals surface area (Å²) in [5.74, 6) is -1.13. The molecule has 1 unspecified atom stereocenters. The van der Waals surface area contributed by atoms with Gasteiger partial charge in [0.15, 0.2) is 11.6 Å². The lowest BCUT2D eigenvalue weighted by molar-refractivity contribution is -0.137. The molecule has 0 bridgehead atoms. The van der Waals surface area contributed by atoms with E-state index in [-0.39, 0.29) is 35.0 Å². The summed E-state index contributed by atoms with van der Waals surface area (Å²) < 4.78 is 61.4. The summed E-state index contributed by atoms with van der Waals surface area (Å²) in [7, 11) is 1.99. The Balaban J connectivity index is 1.48. The van der Waals surface area contributed by atoms with Crippen LogP contribution >= 0.6 is 0 Å². The Morgan fingerprint density at radius 2 is 1.78 bits per heavy atom. The number of pyridine rings is 1. The molecule has 0 radical (unpaired) electrons. The molecule has 3 aromatic rings. The van der Waals surface area contributed by atoms with Gasteiger partial charge in [0.05, 0.1) is 28.2 Å². The summed E-state index contributed by atoms with van der Waals surface area (Å²) in [4.78, 5) is 30.3. The molecule has 0 saturated carbocycles. The normalized spacial score (nSPS) is 18.0. The van der Waals surface area contributed by atoms with Crippen LogP contribution in [0.1, 0.15) is 28.9 Å². The number of benzene rings is 2. The van der Waals surface area contributed by atoms with Crippen molar-refractivity contribution in [3.63, 3.8) is 0 Å². The van der Waals surface area contributed by atoms with Crippen LogP contribution in [-0.2, 0) is 6.18 Å². The Morgan fingerprint density at radius 3 is 2.43 bits per heavy atom. The summed E-state index contributed by atoms with van der Waals surface area (Å²) in [6.07, 6.45) is -3.07. The number of piperazine rings is 1. The third-order valence-electron chi connectivity index (χ3n) is 6.74. The van der Waals surface area contributed by atoms with Crippen molar-refractivity contribution >= 4 is 28.2 Å². The minimum absolute atomic E-state index is 0.0131. The average molecular weight is 519 g/mol. The zero-order valence-corrected chi connectivity index (χ0v) is 20.2. The lowest BCUT2D eigenvalue weighted by atomic mass is 10.0. The van der Waals surface area contributed by atoms with E-state index in [1.165, 1.54) is 6.20 Å². The van der Waals surface area contributed by atoms with E-state index in [0.29, 0.717) is 24.3 Å². The number of nitrogens with zero attached hydrogens (tertiary/aromatic N) is 3. The van der Waals surface area contributed by atoms with Gasteiger partial charge in [-0.15, -0.1) is 0 Å². The first-order valence-corrected chi connectivity index (χ1v) is 11.8. The van der Waals surface area contributed by atoms with E-state index in [2.05, 4.69) is 15.8 Å². The van der Waals surface area contributed by atoms with Crippen molar-refractivity contribution in [3.8, 4) is 5.75 Å². The van der Waals surface area contributed by atoms with Gasteiger partial charge >= 0.3 is 6.18 Å². The molecule has 0 spiro atoms. The molecule has 37 heavy (non-hydrogen) atoms. The maximum absolute atomic E-state index is 15.4. The molecular weight excluding hydrogens is 494 g/mol. The lowest BCUT2D eigenvalue weighted by Crippen LogP contribution is -2.45. The highest BCUT2D eigenvalue weighted by Gasteiger charge is 2.32. The number of hydrogen-bond donors (Lipinski definition) is 2. The highest BCUT2D eigenvalue weighted by Crippen LogP contribution is 2.42. The average Bonchev–Trinajstić information content (AvgIpc) is 2.86. The predicted octanol–water partition coefficient (Wildman–Crippen LogP) is 3.62. The van der Waals surface area contributed by atoms with Crippen molar-refractivity contribution < 1.29 is 27.1 Å². The number of alkyl halides is 3. The topological polar surface area (TPSA) is 78.8 Å². The molecule has 3 heterocycles. The number of likely N-dealkylation sites (N-methyl/N-ethyl adjacent to an activating group) is 1. The maximum atomic E-state index is 15.4. The molecule has 0 aliphatic carbocycles. The first-order chi connectivity index (χ1) is 17.5. The first-order valence-electron chi connectivity index (χ1n) is 11.8. The molecule has 1 atom stereocenters. The fourth-order valence-electron chi connectivity index (χ4n) is 4.64. The van der Waals surface area contributed by atoms with Crippen molar-refractivity contribution in [2.24, 2.45) is 0 Å². The molecule has 2 aromatic carbocycles. The summed E-state index contributed by atoms with van der Waals surface area (Å²) in [6, 6.07) is 4.95. The third-order valence-corrected chi connectivity index (χ3v) is 6.74. The van der Waals surface area contributed by atoms with Crippen LogP contribution < -0.4 is 25.9 Å². The van der Waals surface area contributed by atoms with Gasteiger partial charge in [0, 0.05) is 32.4 Å². The standard InChI is InChI=1S/C25H25F4N5O3/c1-14-13-37-23-20-17(11-19(26)21(23)33-9-7-32(2)8-10-33)22(35)18(12-34(14)20)24(36)31-30-16-5-3-15(4-6-16)25(27,28)29/h3-6,11-12,14,30H,7-10,13H2,1-2H3,(H,31,36). The molecule has 8 nitrogen and oxygen atoms in total. The molecule has 2 N–H and O–H groups in total. The second kappa shape index (κ2) is 9.25. The molecule has 12 heteroatoms. The van der Waals surface area contributed by atoms with Crippen LogP contribution in [-0.4, -0.2) is 55.2 Å². The molecular formula is C25H25F4N5O3. The first kappa shape index (κ1) is 24.9. The monoisotopic (exact) mass is 519 g/mol. The lowest BCUT2D eigenvalue weighted by Gasteiger charge is -2.37. The molecule has 1 aromatic heterocycles. The van der Waals surface area contributed by atoms with Crippen molar-refractivity contribution in [2.75, 3.05) is 50.2 Å². The number of aromatic nitrogens is 1. The number of carbonyl (C=O) groups excluding carboxylic acids is 1. The van der Waals surface area contributed by atoms with Gasteiger partial charge in [-0.1, -0.05) is 0 Å². The van der Waals surface area contributed by atoms with Gasteiger partial charge in [0.25, 0.3) is 5.91 Å². The van der Waals surface area contributed by atoms with Gasteiger partial charge in [-0.2, -0.15) is 13.2 Å². The summed E-state index contributed by atoms with van der Waals surface area (Å²) in [5, 5.41) is 0.0131. The highest BCUT2D eigenvalue weighted by molar-refractivity contribution is 6.00. The third kappa shape index (κ3) is 4.57. The largest absolute Gasteiger partial charge is 0.487 e. The number of carbonyl (C=O) groups is 1. The molecule has 1 amide bonds. The van der Waals surface area contributed by atoms with Gasteiger partial charge in [-0.05, 0) is 44.3 Å². The van der Waals surface area contributed by atoms with Crippen LogP contribution in [0.3, 0.4) is 0 Å². The summed E-state index contributed by atoms with van der Waals surface area (Å²) >= 11 is 0. The van der Waals surface area contributed by atoms with E-state index in [4.69, 9.17) is 4.74 Å². The van der Waals surface area contributed by atoms with Crippen LogP contribution in [0.5, 0.6) is 5.75 Å². The van der Waals surface area contributed by atoms with E-state index in [1.807, 2.05) is 18.9 Å². The van der Waals surface area contributed by atoms with Crippen molar-refractivity contribution in [1.82, 2.24) is 14.9 Å². The molecule has 1 fully saturated rings. The number of hydrogen-bond acceptors (Lipinski definition) is 6. The van der Waals surface area contributed by atoms with E-state index in [9.17, 15) is 22.8 Å². The molecule has 5 rings (SSSR count). The quantitative estimate of drug-likeness (QED) is 0.405. The van der Waals surface area contributed by atoms with E-state index >= 15 is 4.39 Å². The van der Waals surface area contributed by atoms with Gasteiger partial charge in [0.1, 0.15) is 17.9 Å². The smallest absolute Gasteiger partial charge is 0.416 e. The van der Waals surface area contributed by atoms with Crippen LogP contribution in [0.2, 0.25) is 0 Å². The van der Waals surface area contributed by atoms with Crippen molar-refractivity contribution in [1.29, 1.82) is 0 Å². The van der Waals surface area contributed by atoms with Gasteiger partial charge in [-0.3, -0.25) is 20.4 Å². The van der Waals surface area contributed by atoms with Crippen LogP contribution in [0.15, 0.2) is 41.3 Å². The minimum Gasteiger partial charge on any atom is -0.487 e. The number of rotatable bonds is 4. The Kier molecular flexibility index (Phi) is 6.22. The fraction of sp³-hybridized carbons (Fsp3) is 0.360. The number of anilines is 2. The molecule has 2 aliphatic rings. The van der Waals surface area contributed by atoms with Crippen molar-refractivity contribution in [2.45, 2.75) is 19.1 Å². The number of hydrazine groups is 1. The van der Waals surface area contributed by atoms with E-state index < -0.39 is 28.9 Å². The van der Waals surface area contributed by atoms with Gasteiger partial charge < -0.3 is 19.1 Å². The number of ether oxygens (including phenoxy) is 1. The minimum atomic E-state index is -4.48. The maximum Gasteiger partial charge on any atom is 0.416 e. The molecule has 2 aliphatic heterocycles. The Bertz CT molecular complexity index is 1410. The summed E-state index contributed by atoms with van der Waals surface area (Å²) in [5.41, 5.74) is 4.02. The zero-order chi connectivity index (χ0) is 26.5. The SMILES string of the molecule is CC1COc2c(N3CCN(C)CC3)c(F)cc3c(=O)c(C(=O)NNc4ccc(C(F)(F)F)cc4)cn1c23. The second-order valence-electron chi connectivity index (χ2n) is 9.32. The Labute approximate surface area is 209 Å². The van der Waals surface area contributed by atoms with Gasteiger partial charge in [0.2, 0.25) is 5.43 Å². The second-order valence-corrected chi connectivity index (χ2v) is 9.32. The van der Waals surface area contributed by atoms with Gasteiger partial charge in [-0.25, -0.2) is 4.39 Å². The predicted molar refractivity (Wildman–Crippen MR) is 131 cm³/mol. The van der Waals surface area contributed by atoms with Crippen LogP contribution in [0, 0.1) is 5.82 Å². The molecule has 196 valence electrons. The Hall–Kier alpha value is -3.80. The van der Waals surface area contributed by atoms with E-state index in [1.54, 1.807) is 4.57 Å². The van der Waals surface area contributed by atoms with Crippen LogP contribution in [0.25, 0.3) is 10.9 Å². The molecule has 1 saturated heterocycles. The summed E-state index contributed by atoms with van der Waals surface area (Å²) in [6.45, 7) is 4.79. The Morgan fingerprint density at radius 1 is 1.11 bits per heavy atom. The van der Waals surface area contributed by atoms with Crippen LogP contribution in [0.4, 0.5) is 28.9 Å². The fourth-order valence-corrected chi connectivity index (χ4v) is 4.64. The number of halogens is 4. The zero-order valence-electron chi connectivity index (χ0n) is 20.2. The number of amides is 1. The number of nitrogens with one attached hydrogen (secondary N) is 2. The van der Waals surface area contributed by atoms with Crippen molar-refractivity contribution in [3.05, 3.63) is 63.7 Å². The van der Waals surface area contributed by atoms with E-state index in [0.717, 1.165) is 43.4 Å². The highest BCUT2D eigenvalue weighted by atomic mass is 19.4.